The van der Waals surface area contributed by atoms with E-state index in [1.807, 2.05) is 27.7 Å². The predicted molar refractivity (Wildman–Crippen MR) is 252 cm³/mol. The molecule has 0 fully saturated rings. The van der Waals surface area contributed by atoms with Crippen LogP contribution in [0.2, 0.25) is 0 Å². The SMILES string of the molecule is Cc1cc2c(c(C(C)(C)C)c1)[O][Al]([O]C(C)C)[O]c1c(cc(C)cc1C(C)(C)C)C2.Cc1cc2c(c(C(C)(C)C)c1)[O][Al]([O]C(C)C)[O]c1c(cc(C)cc1C(C)(C)C)C2. The summed E-state index contributed by atoms with van der Waals surface area (Å²) in [7, 11) is 0. The molecule has 0 saturated heterocycles. The molecule has 2 aliphatic heterocycles. The molecule has 324 valence electrons. The summed E-state index contributed by atoms with van der Waals surface area (Å²) in [6.45, 7) is 43.7. The zero-order valence-electron chi connectivity index (χ0n) is 40.8. The zero-order valence-corrected chi connectivity index (χ0v) is 43.1. The number of hydrogen-bond donors (Lipinski definition) is 0. The monoisotopic (exact) mass is 849 g/mol. The van der Waals surface area contributed by atoms with Crippen LogP contribution in [-0.4, -0.2) is 42.5 Å². The molecule has 0 spiro atoms. The third kappa shape index (κ3) is 11.7. The lowest BCUT2D eigenvalue weighted by Crippen LogP contribution is -2.39. The van der Waals surface area contributed by atoms with Crippen molar-refractivity contribution in [3.8, 4) is 23.0 Å². The lowest BCUT2D eigenvalue weighted by atomic mass is 9.81. The minimum atomic E-state index is -2.46. The van der Waals surface area contributed by atoms with Gasteiger partial charge in [0.1, 0.15) is 0 Å². The van der Waals surface area contributed by atoms with Crippen LogP contribution < -0.4 is 15.2 Å². The highest BCUT2D eigenvalue weighted by Crippen LogP contribution is 2.45. The Balaban J connectivity index is 0.000000228. The number of fused-ring (bicyclic) bond motifs is 4. The van der Waals surface area contributed by atoms with Crippen LogP contribution in [-0.2, 0) is 42.1 Å². The van der Waals surface area contributed by atoms with E-state index < -0.39 is 30.3 Å². The summed E-state index contributed by atoms with van der Waals surface area (Å²) in [5.41, 5.74) is 14.7. The first-order valence-electron chi connectivity index (χ1n) is 22.0. The quantitative estimate of drug-likeness (QED) is 0.191. The average molecular weight is 849 g/mol. The van der Waals surface area contributed by atoms with E-state index in [1.54, 1.807) is 0 Å². The highest BCUT2D eigenvalue weighted by Gasteiger charge is 2.47. The minimum Gasteiger partial charge on any atom is -0.588 e. The average Bonchev–Trinajstić information content (AvgIpc) is 3.05. The maximum atomic E-state index is 6.61. The molecule has 0 aliphatic carbocycles. The van der Waals surface area contributed by atoms with Crippen molar-refractivity contribution in [2.24, 2.45) is 0 Å². The largest absolute Gasteiger partial charge is 1.10 e. The Morgan fingerprint density at radius 1 is 0.383 bits per heavy atom. The molecule has 8 heteroatoms. The number of aryl methyl sites for hydroxylation is 4. The Morgan fingerprint density at radius 2 is 0.583 bits per heavy atom. The zero-order chi connectivity index (χ0) is 44.9. The normalized spacial score (nSPS) is 14.4. The van der Waals surface area contributed by atoms with Gasteiger partial charge < -0.3 is 22.7 Å². The van der Waals surface area contributed by atoms with E-state index in [2.05, 4.69) is 159 Å². The van der Waals surface area contributed by atoms with Crippen molar-refractivity contribution in [2.45, 2.75) is 185 Å². The first kappa shape index (κ1) is 48.1. The summed E-state index contributed by atoms with van der Waals surface area (Å²) in [6, 6.07) is 18.1. The van der Waals surface area contributed by atoms with E-state index in [9.17, 15) is 0 Å². The van der Waals surface area contributed by atoms with Crippen molar-refractivity contribution in [1.82, 2.24) is 0 Å². The Kier molecular flexibility index (Phi) is 14.5. The molecule has 4 aromatic rings. The van der Waals surface area contributed by atoms with Crippen LogP contribution in [0.25, 0.3) is 0 Å². The molecule has 0 atom stereocenters. The molecule has 4 aromatic carbocycles. The van der Waals surface area contributed by atoms with Crippen LogP contribution in [0.3, 0.4) is 0 Å². The van der Waals surface area contributed by atoms with Crippen LogP contribution in [0.15, 0.2) is 48.5 Å². The van der Waals surface area contributed by atoms with E-state index in [0.29, 0.717) is 0 Å². The van der Waals surface area contributed by atoms with Gasteiger partial charge in [0, 0.05) is 25.0 Å². The van der Waals surface area contributed by atoms with Crippen molar-refractivity contribution < 1.29 is 22.7 Å². The van der Waals surface area contributed by atoms with Crippen molar-refractivity contribution in [1.29, 1.82) is 0 Å². The van der Waals surface area contributed by atoms with E-state index in [4.69, 9.17) is 22.7 Å². The maximum Gasteiger partial charge on any atom is 1.10 e. The molecule has 0 radical (unpaired) electrons. The molecular weight excluding hydrogens is 775 g/mol. The molecule has 6 nitrogen and oxygen atoms in total. The molecule has 2 aliphatic rings. The van der Waals surface area contributed by atoms with Crippen molar-refractivity contribution in [3.63, 3.8) is 0 Å². The van der Waals surface area contributed by atoms with Crippen LogP contribution in [0.4, 0.5) is 0 Å². The molecule has 0 saturated carbocycles. The fourth-order valence-electron chi connectivity index (χ4n) is 8.10. The second kappa shape index (κ2) is 18.0. The first-order chi connectivity index (χ1) is 27.5. The van der Waals surface area contributed by atoms with Crippen molar-refractivity contribution >= 4 is 30.3 Å². The Morgan fingerprint density at radius 3 is 0.750 bits per heavy atom. The summed E-state index contributed by atoms with van der Waals surface area (Å²) >= 11 is -4.93. The topological polar surface area (TPSA) is 55.4 Å². The van der Waals surface area contributed by atoms with Crippen LogP contribution >= 0.6 is 0 Å². The molecule has 2 heterocycles. The van der Waals surface area contributed by atoms with Crippen molar-refractivity contribution in [2.75, 3.05) is 0 Å². The molecule has 60 heavy (non-hydrogen) atoms. The Bertz CT molecular complexity index is 1880. The molecule has 0 unspecified atom stereocenters. The summed E-state index contributed by atoms with van der Waals surface area (Å²) < 4.78 is 38.9. The standard InChI is InChI=1S/2C23H32O2.2C3H7O.2Al/c2*1-14-9-16(20(24)18(11-14)22(3,4)5)13-17-10-15(2)12-19(21(17)25)23(6,7)8;2*1-3(2)4;;/h2*9-12,24-25H,13H2,1-8H3;2*3H,1-2H3;;/q;;2*-1;2*+3/p-4. The van der Waals surface area contributed by atoms with Gasteiger partial charge in [-0.1, -0.05) is 154 Å². The minimum absolute atomic E-state index is 0.0297. The molecule has 0 N–H and O–H groups in total. The van der Waals surface area contributed by atoms with Crippen LogP contribution in [0, 0.1) is 27.7 Å². The van der Waals surface area contributed by atoms with Crippen molar-refractivity contribution in [3.05, 3.63) is 115 Å². The van der Waals surface area contributed by atoms with Gasteiger partial charge in [0.25, 0.3) is 0 Å². The highest BCUT2D eigenvalue weighted by atomic mass is 27.3. The van der Waals surface area contributed by atoms with E-state index in [0.717, 1.165) is 35.8 Å². The third-order valence-electron chi connectivity index (χ3n) is 10.9. The fourth-order valence-corrected chi connectivity index (χ4v) is 11.2. The smallest absolute Gasteiger partial charge is 0.588 e. The lowest BCUT2D eigenvalue weighted by molar-refractivity contribution is 0.150. The number of rotatable bonds is 4. The van der Waals surface area contributed by atoms with Gasteiger partial charge in [-0.05, 0) is 122 Å². The fraction of sp³-hybridized carbons (Fsp3) is 0.538. The van der Waals surface area contributed by atoms with Gasteiger partial charge in [-0.25, -0.2) is 0 Å². The van der Waals surface area contributed by atoms with Gasteiger partial charge in [0.05, 0.1) is 23.0 Å². The van der Waals surface area contributed by atoms with Gasteiger partial charge in [0.15, 0.2) is 0 Å². The van der Waals surface area contributed by atoms with Gasteiger partial charge in [0.2, 0.25) is 0 Å². The number of benzene rings is 4. The predicted octanol–water partition coefficient (Wildman–Crippen LogP) is 13.3. The van der Waals surface area contributed by atoms with Crippen LogP contribution in [0.5, 0.6) is 23.0 Å². The van der Waals surface area contributed by atoms with Gasteiger partial charge in [-0.15, -0.1) is 0 Å². The molecule has 6 rings (SSSR count). The summed E-state index contributed by atoms with van der Waals surface area (Å²) in [5.74, 6) is 3.81. The highest BCUT2D eigenvalue weighted by molar-refractivity contribution is 6.39. The molecule has 0 amide bonds. The Hall–Kier alpha value is -2.94. The molecule has 0 aromatic heterocycles. The summed E-state index contributed by atoms with van der Waals surface area (Å²) in [4.78, 5) is 0. The molecule has 0 bridgehead atoms. The summed E-state index contributed by atoms with van der Waals surface area (Å²) in [6.07, 6.45) is 1.67. The third-order valence-corrected chi connectivity index (χ3v) is 14.1. The summed E-state index contributed by atoms with van der Waals surface area (Å²) in [5, 5.41) is 0. The second-order valence-corrected chi connectivity index (χ2v) is 24.6. The number of hydrogen-bond acceptors (Lipinski definition) is 6. The van der Waals surface area contributed by atoms with E-state index in [1.165, 1.54) is 66.8 Å². The van der Waals surface area contributed by atoms with Gasteiger partial charge >= 0.3 is 30.3 Å². The second-order valence-electron chi connectivity index (χ2n) is 22.0. The lowest BCUT2D eigenvalue weighted by Gasteiger charge is -2.33. The maximum absolute atomic E-state index is 6.61. The first-order valence-corrected chi connectivity index (χ1v) is 24.9. The van der Waals surface area contributed by atoms with E-state index in [-0.39, 0.29) is 33.9 Å². The van der Waals surface area contributed by atoms with Gasteiger partial charge in [-0.2, -0.15) is 0 Å². The Labute approximate surface area is 374 Å². The van der Waals surface area contributed by atoms with Gasteiger partial charge in [-0.3, -0.25) is 0 Å². The molecular formula is C52H74Al2O6. The van der Waals surface area contributed by atoms with Crippen LogP contribution in [0.1, 0.15) is 178 Å². The van der Waals surface area contributed by atoms with E-state index >= 15 is 0 Å².